The molecule has 6 heteroatoms. The Kier molecular flexibility index (Phi) is 7.54. The van der Waals surface area contributed by atoms with Crippen molar-refractivity contribution in [3.05, 3.63) is 65.5 Å². The lowest BCUT2D eigenvalue weighted by atomic mass is 10.1. The normalized spacial score (nSPS) is 11.3. The number of hydrogen-bond donors (Lipinski definition) is 2. The Morgan fingerprint density at radius 2 is 1.85 bits per heavy atom. The van der Waals surface area contributed by atoms with Crippen LogP contribution >= 0.6 is 0 Å². The third-order valence-electron chi connectivity index (χ3n) is 6.05. The van der Waals surface area contributed by atoms with Crippen LogP contribution in [0.1, 0.15) is 50.1 Å². The number of nitrogens with one attached hydrogen (secondary N) is 2. The largest absolute Gasteiger partial charge is 0.369 e. The molecule has 0 radical (unpaired) electrons. The van der Waals surface area contributed by atoms with Gasteiger partial charge in [-0.25, -0.2) is 9.97 Å². The van der Waals surface area contributed by atoms with Crippen molar-refractivity contribution in [2.24, 2.45) is 0 Å². The number of H-pyrrole nitrogens is 1. The van der Waals surface area contributed by atoms with Crippen molar-refractivity contribution in [1.82, 2.24) is 19.9 Å². The van der Waals surface area contributed by atoms with Gasteiger partial charge in [0.25, 0.3) is 0 Å². The summed E-state index contributed by atoms with van der Waals surface area (Å²) in [6, 6.07) is 18.2. The fourth-order valence-electron chi connectivity index (χ4n) is 4.22. The third kappa shape index (κ3) is 5.50. The van der Waals surface area contributed by atoms with Crippen LogP contribution in [0, 0.1) is 11.3 Å². The van der Waals surface area contributed by atoms with E-state index in [-0.39, 0.29) is 0 Å². The minimum atomic E-state index is 0.632. The monoisotopic (exact) mass is 440 g/mol. The van der Waals surface area contributed by atoms with E-state index in [0.29, 0.717) is 12.0 Å². The van der Waals surface area contributed by atoms with Gasteiger partial charge in [-0.1, -0.05) is 56.7 Å². The second-order valence-corrected chi connectivity index (χ2v) is 8.44. The van der Waals surface area contributed by atoms with Gasteiger partial charge in [-0.3, -0.25) is 0 Å². The Morgan fingerprint density at radius 3 is 2.61 bits per heavy atom. The Labute approximate surface area is 195 Å². The number of anilines is 1. The second kappa shape index (κ2) is 10.9. The van der Waals surface area contributed by atoms with Gasteiger partial charge in [0, 0.05) is 23.9 Å². The molecule has 4 aromatic rings. The first kappa shape index (κ1) is 22.8. The number of nitrogens with zero attached hydrogens (tertiary/aromatic N) is 4. The fraction of sp³-hybridized carbons (Fsp3) is 0.370. The highest BCUT2D eigenvalue weighted by Crippen LogP contribution is 2.30. The summed E-state index contributed by atoms with van der Waals surface area (Å²) < 4.78 is 0. The van der Waals surface area contributed by atoms with Crippen LogP contribution in [-0.2, 0) is 6.42 Å². The summed E-state index contributed by atoms with van der Waals surface area (Å²) in [6.07, 6.45) is 4.20. The van der Waals surface area contributed by atoms with Crippen LogP contribution in [0.5, 0.6) is 0 Å². The molecule has 2 aromatic carbocycles. The lowest BCUT2D eigenvalue weighted by Gasteiger charge is -2.20. The Balaban J connectivity index is 1.61. The van der Waals surface area contributed by atoms with Crippen LogP contribution < -0.4 is 5.32 Å². The lowest BCUT2D eigenvalue weighted by Crippen LogP contribution is -2.27. The van der Waals surface area contributed by atoms with Crippen molar-refractivity contribution in [2.45, 2.75) is 39.5 Å². The van der Waals surface area contributed by atoms with Crippen LogP contribution in [0.25, 0.3) is 21.9 Å². The predicted molar refractivity (Wildman–Crippen MR) is 135 cm³/mol. The van der Waals surface area contributed by atoms with Gasteiger partial charge in [-0.05, 0) is 50.2 Å². The molecule has 0 unspecified atom stereocenters. The van der Waals surface area contributed by atoms with Gasteiger partial charge in [0.1, 0.15) is 17.3 Å². The molecule has 0 saturated carbocycles. The van der Waals surface area contributed by atoms with E-state index in [1.165, 1.54) is 18.4 Å². The molecule has 0 atom stereocenters. The SMILES string of the molecule is CCCCN(CC)CCCNc1nc(Cc2ccccc2)nc2[nH]c3cc(C#N)ccc3c12. The van der Waals surface area contributed by atoms with Crippen molar-refractivity contribution in [3.63, 3.8) is 0 Å². The predicted octanol–water partition coefficient (Wildman–Crippen LogP) is 5.50. The van der Waals surface area contributed by atoms with E-state index in [4.69, 9.17) is 9.97 Å². The summed E-state index contributed by atoms with van der Waals surface area (Å²) in [5, 5.41) is 14.9. The van der Waals surface area contributed by atoms with E-state index in [9.17, 15) is 5.26 Å². The van der Waals surface area contributed by atoms with E-state index >= 15 is 0 Å². The zero-order valence-electron chi connectivity index (χ0n) is 19.6. The molecule has 2 aromatic heterocycles. The fourth-order valence-corrected chi connectivity index (χ4v) is 4.22. The maximum atomic E-state index is 9.29. The summed E-state index contributed by atoms with van der Waals surface area (Å²) in [4.78, 5) is 15.7. The molecule has 2 heterocycles. The molecule has 0 spiro atoms. The lowest BCUT2D eigenvalue weighted by molar-refractivity contribution is 0.282. The van der Waals surface area contributed by atoms with Crippen LogP contribution in [0.4, 0.5) is 5.82 Å². The van der Waals surface area contributed by atoms with Gasteiger partial charge >= 0.3 is 0 Å². The molecule has 0 aliphatic carbocycles. The molecule has 0 aliphatic heterocycles. The molecule has 33 heavy (non-hydrogen) atoms. The third-order valence-corrected chi connectivity index (χ3v) is 6.05. The van der Waals surface area contributed by atoms with Gasteiger partial charge in [0.05, 0.1) is 17.0 Å². The molecule has 2 N–H and O–H groups in total. The molecule has 0 amide bonds. The average molecular weight is 441 g/mol. The minimum Gasteiger partial charge on any atom is -0.369 e. The quantitative estimate of drug-likeness (QED) is 0.301. The maximum absolute atomic E-state index is 9.29. The summed E-state index contributed by atoms with van der Waals surface area (Å²) in [6.45, 7) is 8.65. The molecule has 0 fully saturated rings. The Morgan fingerprint density at radius 1 is 1.03 bits per heavy atom. The molecule has 0 aliphatic rings. The number of unbranched alkanes of at least 4 members (excludes halogenated alkanes) is 1. The Bertz CT molecular complexity index is 1240. The average Bonchev–Trinajstić information content (AvgIpc) is 3.21. The smallest absolute Gasteiger partial charge is 0.144 e. The van der Waals surface area contributed by atoms with Gasteiger partial charge in [0.15, 0.2) is 0 Å². The van der Waals surface area contributed by atoms with Gasteiger partial charge in [-0.2, -0.15) is 5.26 Å². The van der Waals surface area contributed by atoms with Gasteiger partial charge in [-0.15, -0.1) is 0 Å². The number of aromatic nitrogens is 3. The van der Waals surface area contributed by atoms with Crippen LogP contribution in [-0.4, -0.2) is 46.0 Å². The van der Waals surface area contributed by atoms with E-state index < -0.39 is 0 Å². The molecular formula is C27H32N6. The minimum absolute atomic E-state index is 0.632. The number of benzene rings is 2. The maximum Gasteiger partial charge on any atom is 0.144 e. The van der Waals surface area contributed by atoms with E-state index in [2.05, 4.69) is 47.3 Å². The highest BCUT2D eigenvalue weighted by molar-refractivity contribution is 6.11. The molecule has 4 rings (SSSR count). The zero-order valence-corrected chi connectivity index (χ0v) is 19.6. The number of hydrogen-bond acceptors (Lipinski definition) is 5. The van der Waals surface area contributed by atoms with Crippen molar-refractivity contribution in [3.8, 4) is 6.07 Å². The number of fused-ring (bicyclic) bond motifs is 3. The van der Waals surface area contributed by atoms with Crippen molar-refractivity contribution >= 4 is 27.8 Å². The first-order chi connectivity index (χ1) is 16.2. The standard InChI is InChI=1S/C27H32N6/c1-3-5-15-33(4-2)16-9-14-29-26-25-22-13-12-21(19-28)17-23(22)30-27(25)32-24(31-26)18-20-10-7-6-8-11-20/h6-8,10-13,17H,3-5,9,14-16,18H2,1-2H3,(H2,29,30,31,32). The summed E-state index contributed by atoms with van der Waals surface area (Å²) >= 11 is 0. The Hall–Kier alpha value is -3.43. The van der Waals surface area contributed by atoms with Crippen molar-refractivity contribution < 1.29 is 0 Å². The van der Waals surface area contributed by atoms with E-state index in [1.807, 2.05) is 36.4 Å². The first-order valence-electron chi connectivity index (χ1n) is 11.9. The number of nitriles is 1. The summed E-state index contributed by atoms with van der Waals surface area (Å²) in [5.74, 6) is 1.64. The summed E-state index contributed by atoms with van der Waals surface area (Å²) in [7, 11) is 0. The van der Waals surface area contributed by atoms with Gasteiger partial charge in [0.2, 0.25) is 0 Å². The zero-order chi connectivity index (χ0) is 23.0. The number of aromatic amines is 1. The topological polar surface area (TPSA) is 80.6 Å². The van der Waals surface area contributed by atoms with Crippen LogP contribution in [0.15, 0.2) is 48.5 Å². The first-order valence-corrected chi connectivity index (χ1v) is 11.9. The van der Waals surface area contributed by atoms with Crippen molar-refractivity contribution in [1.29, 1.82) is 5.26 Å². The highest BCUT2D eigenvalue weighted by atomic mass is 15.1. The van der Waals surface area contributed by atoms with E-state index in [0.717, 1.165) is 66.2 Å². The molecule has 170 valence electrons. The highest BCUT2D eigenvalue weighted by Gasteiger charge is 2.15. The molecular weight excluding hydrogens is 408 g/mol. The van der Waals surface area contributed by atoms with Crippen LogP contribution in [0.2, 0.25) is 0 Å². The number of rotatable bonds is 11. The molecule has 6 nitrogen and oxygen atoms in total. The summed E-state index contributed by atoms with van der Waals surface area (Å²) in [5.41, 5.74) is 3.53. The molecule has 0 saturated heterocycles. The van der Waals surface area contributed by atoms with E-state index in [1.54, 1.807) is 0 Å². The molecule has 0 bridgehead atoms. The van der Waals surface area contributed by atoms with Crippen LogP contribution in [0.3, 0.4) is 0 Å². The van der Waals surface area contributed by atoms with Crippen molar-refractivity contribution in [2.75, 3.05) is 31.5 Å². The second-order valence-electron chi connectivity index (χ2n) is 8.44. The van der Waals surface area contributed by atoms with Gasteiger partial charge < -0.3 is 15.2 Å².